The van der Waals surface area contributed by atoms with Crippen LogP contribution in [0.5, 0.6) is 0 Å². The first-order chi connectivity index (χ1) is 24.3. The average molecular weight is 1240 g/mol. The molecule has 2 aromatic carbocycles. The zero-order valence-corrected chi connectivity index (χ0v) is 42.0. The van der Waals surface area contributed by atoms with E-state index in [4.69, 9.17) is 75.8 Å². The third kappa shape index (κ3) is 269. The molecule has 0 saturated carbocycles. The number of hydrogen-bond donors (Lipinski definition) is 4. The summed E-state index contributed by atoms with van der Waals surface area (Å²) < 4.78 is 102. The Bertz CT molecular complexity index is 1310. The van der Waals surface area contributed by atoms with E-state index >= 15 is 0 Å². The molecule has 0 saturated heterocycles. The molecular weight excluding hydrogens is 1210 g/mol. The fourth-order valence-electron chi connectivity index (χ4n) is 1.41. The van der Waals surface area contributed by atoms with E-state index in [1.807, 2.05) is 104 Å². The molecular formula is C25H26Cl4Cr6LaN2O18. The molecule has 1 aromatic heterocycles. The molecule has 13 radical (unpaired) electrons. The molecule has 0 aliphatic carbocycles. The fourth-order valence-corrected chi connectivity index (χ4v) is 1.41. The van der Waals surface area contributed by atoms with Gasteiger partial charge in [-0.1, -0.05) is 72.8 Å². The van der Waals surface area contributed by atoms with Crippen molar-refractivity contribution in [2.75, 3.05) is 19.0 Å². The second kappa shape index (κ2) is 71.9. The van der Waals surface area contributed by atoms with Crippen molar-refractivity contribution < 1.29 is 196 Å². The fraction of sp³-hybridized carbons (Fsp3) is 0.0800. The molecule has 20 nitrogen and oxygen atoms in total. The van der Waals surface area contributed by atoms with Gasteiger partial charge in [-0.3, -0.25) is 33.8 Å². The molecule has 0 fully saturated rings. The molecule has 0 aliphatic heterocycles. The van der Waals surface area contributed by atoms with E-state index in [0.29, 0.717) is 0 Å². The Balaban J connectivity index is -0.0000000335. The molecule has 1 heterocycles. The molecule has 31 heteroatoms. The second-order valence-corrected chi connectivity index (χ2v) is 17.6. The number of benzene rings is 2. The van der Waals surface area contributed by atoms with Crippen LogP contribution >= 0.6 is 40.2 Å². The maximum absolute atomic E-state index is 9.03. The van der Waals surface area contributed by atoms with Crippen LogP contribution in [0.1, 0.15) is 0 Å². The Morgan fingerprint density at radius 2 is 0.536 bits per heavy atom. The van der Waals surface area contributed by atoms with Gasteiger partial charge in [-0.25, -0.2) is 0 Å². The Morgan fingerprint density at radius 1 is 0.429 bits per heavy atom. The largest absolute Gasteiger partial charge is 0.0623 e. The SMILES string of the molecule is CN(C)c1ccncc1.[C]=O.[C]=O.[C]=O.[C]=O.[C]=O.[C]=O.[Cr].[Cr].[La].[O]=[Cr](=[O])([OH])[Cl].[O]=[Cr](=[O])([OH])[Cl].[O]=[Cr](=[O])([OH])[Cl].[O]=[Cr](=[O])([OH])[Cl].c1ccccc1.c1ccccc1. The van der Waals surface area contributed by atoms with Gasteiger partial charge in [-0.05, 0) is 12.1 Å². The van der Waals surface area contributed by atoms with Crippen LogP contribution in [-0.4, -0.2) is 76.4 Å². The predicted molar refractivity (Wildman–Crippen MR) is 163 cm³/mol. The topological polar surface area (TPSA) is 336 Å². The van der Waals surface area contributed by atoms with E-state index in [-0.39, 0.29) is 70.3 Å². The summed E-state index contributed by atoms with van der Waals surface area (Å²) in [6.07, 6.45) is 3.57. The van der Waals surface area contributed by atoms with Crippen molar-refractivity contribution in [3.63, 3.8) is 0 Å². The molecule has 0 unspecified atom stereocenters. The third-order valence-corrected chi connectivity index (χ3v) is 2.51. The summed E-state index contributed by atoms with van der Waals surface area (Å²) in [5.41, 5.74) is 1.19. The first kappa shape index (κ1) is 91.1. The van der Waals surface area contributed by atoms with Crippen LogP contribution in [0.25, 0.3) is 0 Å². The minimum absolute atomic E-state index is 0. The van der Waals surface area contributed by atoms with Gasteiger partial charge in [0.05, 0.1) is 0 Å². The summed E-state index contributed by atoms with van der Waals surface area (Å²) in [6, 6.07) is 27.9. The molecule has 0 spiro atoms. The maximum atomic E-state index is 9.03. The van der Waals surface area contributed by atoms with Gasteiger partial charge in [0.25, 0.3) is 40.7 Å². The normalized spacial score (nSPS) is 7.75. The third-order valence-electron chi connectivity index (χ3n) is 2.51. The summed E-state index contributed by atoms with van der Waals surface area (Å²) in [5, 5.41) is 0. The van der Waals surface area contributed by atoms with Crippen LogP contribution in [0, 0.1) is 35.6 Å². The van der Waals surface area contributed by atoms with Gasteiger partial charge < -0.3 is 4.90 Å². The molecule has 4 N–H and O–H groups in total. The summed E-state index contributed by atoms with van der Waals surface area (Å²) in [5.74, 6) is 0. The van der Waals surface area contributed by atoms with Crippen LogP contribution < -0.4 is 4.90 Å². The van der Waals surface area contributed by atoms with Crippen molar-refractivity contribution in [3.05, 3.63) is 97.3 Å². The Morgan fingerprint density at radius 3 is 0.607 bits per heavy atom. The first-order valence-electron chi connectivity index (χ1n) is 10.8. The number of aromatic nitrogens is 1. The number of rotatable bonds is 1. The summed E-state index contributed by atoms with van der Waals surface area (Å²) in [6.45, 7) is 27.0. The zero-order valence-electron chi connectivity index (χ0n) is 27.7. The van der Waals surface area contributed by atoms with Crippen LogP contribution in [0.4, 0.5) is 5.69 Å². The van der Waals surface area contributed by atoms with Gasteiger partial charge in [0.2, 0.25) is 0 Å². The number of nitrogens with zero attached hydrogens (tertiary/aromatic N) is 2. The van der Waals surface area contributed by atoms with Gasteiger partial charge in [0.1, 0.15) is 0 Å². The molecule has 0 atom stereocenters. The number of hydrogen-bond acceptors (Lipinski definition) is 16. The smallest absolute Gasteiger partial charge is 0.0623 e. The molecule has 0 aliphatic rings. The van der Waals surface area contributed by atoms with E-state index in [1.54, 1.807) is 12.4 Å². The molecule has 311 valence electrons. The maximum Gasteiger partial charge on any atom is -0.0623 e. The van der Waals surface area contributed by atoms with Crippen LogP contribution in [-0.2, 0) is 143 Å². The van der Waals surface area contributed by atoms with Crippen molar-refractivity contribution >= 4 is 86.6 Å². The number of carbonyl (C=O) groups excluding carboxylic acids is 6. The van der Waals surface area contributed by atoms with Gasteiger partial charge >= 0.3 is 137 Å². The predicted octanol–water partition coefficient (Wildman–Crippen LogP) is 1.70. The monoisotopic (exact) mass is 1230 g/mol. The Labute approximate surface area is 398 Å². The van der Waals surface area contributed by atoms with Crippen molar-refractivity contribution in [2.24, 2.45) is 0 Å². The first-order valence-corrected chi connectivity index (χ1v) is 24.2. The zero-order chi connectivity index (χ0) is 45.2. The standard InChI is InChI=1S/C7H10N2.2C6H6.6CO.4ClH.6Cr.La.4H2O.8O/c1-9(2)7-3-5-8-6-4-7;2*1-2-4-6-5-3-1;6*1-2;;;;;;;;;;;;;;;;;;;;;;;/h3-6H,1-2H3;2*1-6H;;;;;;;4*1H;;;;;;;;4*1H2;;;;;;;;/q;;;;;;;;;;;;;;;4*+2;;;;;;;;;;;;;/p-8. The second-order valence-electron chi connectivity index (χ2n) is 6.06. The van der Waals surface area contributed by atoms with E-state index in [9.17, 15) is 0 Å². The molecule has 0 amide bonds. The molecule has 56 heavy (non-hydrogen) atoms. The molecule has 3 aromatic rings. The van der Waals surface area contributed by atoms with Gasteiger partial charge in [0.15, 0.2) is 0 Å². The quantitative estimate of drug-likeness (QED) is 0.269. The summed E-state index contributed by atoms with van der Waals surface area (Å²) in [7, 11) is 20.5. The Hall–Kier alpha value is -0.800. The van der Waals surface area contributed by atoms with Crippen LogP contribution in [0.15, 0.2) is 97.3 Å². The van der Waals surface area contributed by atoms with Crippen LogP contribution in [0.2, 0.25) is 0 Å². The van der Waals surface area contributed by atoms with Gasteiger partial charge in [-0.15, -0.1) is 0 Å². The summed E-state index contributed by atoms with van der Waals surface area (Å²) in [4.78, 5) is 50.9. The van der Waals surface area contributed by atoms with E-state index in [0.717, 1.165) is 0 Å². The van der Waals surface area contributed by atoms with Gasteiger partial charge in [-0.2, -0.15) is 0 Å². The van der Waals surface area contributed by atoms with E-state index in [1.165, 1.54) is 5.69 Å². The summed E-state index contributed by atoms with van der Waals surface area (Å²) >= 11 is -19.1. The Kier molecular flexibility index (Phi) is 117. The van der Waals surface area contributed by atoms with Crippen molar-refractivity contribution in [1.29, 1.82) is 0 Å². The van der Waals surface area contributed by atoms with Crippen molar-refractivity contribution in [2.45, 2.75) is 0 Å². The number of pyridine rings is 1. The van der Waals surface area contributed by atoms with E-state index in [2.05, 4.69) is 85.9 Å². The van der Waals surface area contributed by atoms with Gasteiger partial charge in [0, 0.05) is 102 Å². The minimum Gasteiger partial charge on any atom is -0.0623 e. The average Bonchev–Trinajstić information content (AvgIpc) is 3.10. The number of halogens is 4. The van der Waals surface area contributed by atoms with Crippen molar-refractivity contribution in [1.82, 2.24) is 4.98 Å². The number of anilines is 1. The molecule has 0 bridgehead atoms. The van der Waals surface area contributed by atoms with Crippen molar-refractivity contribution in [3.8, 4) is 0 Å². The van der Waals surface area contributed by atoms with Crippen LogP contribution in [0.3, 0.4) is 0 Å². The molecule has 3 rings (SSSR count). The van der Waals surface area contributed by atoms with E-state index < -0.39 is 49.4 Å². The minimum atomic E-state index is -4.78.